The zero-order valence-corrected chi connectivity index (χ0v) is 12.2. The summed E-state index contributed by atoms with van der Waals surface area (Å²) in [5, 5.41) is 0.976. The maximum atomic E-state index is 4.54. The van der Waals surface area contributed by atoms with E-state index in [1.165, 1.54) is 5.56 Å². The van der Waals surface area contributed by atoms with Crippen LogP contribution in [-0.4, -0.2) is 23.4 Å². The van der Waals surface area contributed by atoms with Gasteiger partial charge in [-0.05, 0) is 24.0 Å². The summed E-state index contributed by atoms with van der Waals surface area (Å²) in [6.07, 6.45) is 1.99. The Hall–Kier alpha value is -0.570. The number of aromatic nitrogens is 1. The smallest absolute Gasteiger partial charge is 0.128 e. The number of nitrogens with zero attached hydrogens (tertiary/aromatic N) is 2. The van der Waals surface area contributed by atoms with Gasteiger partial charge in [-0.15, -0.1) is 0 Å². The Balaban J connectivity index is 2.85. The lowest BCUT2D eigenvalue weighted by Crippen LogP contribution is -2.26. The van der Waals surface area contributed by atoms with Crippen LogP contribution >= 0.6 is 15.9 Å². The summed E-state index contributed by atoms with van der Waals surface area (Å²) in [4.78, 5) is 6.81. The standard InChI is InChI=1S/C13H21BrN2/c1-5-16(9-8-14)12-7-6-11(10-15-12)13(2,3)4/h6-7,10H,5,8-9H2,1-4H3. The lowest BCUT2D eigenvalue weighted by atomic mass is 9.88. The summed E-state index contributed by atoms with van der Waals surface area (Å²) < 4.78 is 0. The molecule has 2 nitrogen and oxygen atoms in total. The topological polar surface area (TPSA) is 16.1 Å². The van der Waals surface area contributed by atoms with Gasteiger partial charge in [0.2, 0.25) is 0 Å². The summed E-state index contributed by atoms with van der Waals surface area (Å²) in [7, 11) is 0. The Kier molecular flexibility index (Phi) is 4.78. The van der Waals surface area contributed by atoms with E-state index in [2.05, 4.69) is 65.6 Å². The first-order valence-electron chi connectivity index (χ1n) is 5.76. The lowest BCUT2D eigenvalue weighted by Gasteiger charge is -2.23. The Labute approximate surface area is 107 Å². The van der Waals surface area contributed by atoms with E-state index >= 15 is 0 Å². The first kappa shape index (κ1) is 13.5. The summed E-state index contributed by atoms with van der Waals surface area (Å²) in [6.45, 7) is 10.8. The number of hydrogen-bond acceptors (Lipinski definition) is 2. The molecule has 90 valence electrons. The molecular formula is C13H21BrN2. The van der Waals surface area contributed by atoms with Gasteiger partial charge in [-0.1, -0.05) is 42.8 Å². The summed E-state index contributed by atoms with van der Waals surface area (Å²) >= 11 is 3.46. The van der Waals surface area contributed by atoms with E-state index in [1.807, 2.05) is 6.20 Å². The minimum atomic E-state index is 0.179. The molecule has 1 aromatic rings. The van der Waals surface area contributed by atoms with Crippen molar-refractivity contribution >= 4 is 21.7 Å². The van der Waals surface area contributed by atoms with Crippen molar-refractivity contribution in [3.05, 3.63) is 23.9 Å². The van der Waals surface area contributed by atoms with Gasteiger partial charge in [0.15, 0.2) is 0 Å². The van der Waals surface area contributed by atoms with E-state index in [0.29, 0.717) is 0 Å². The van der Waals surface area contributed by atoms with Crippen LogP contribution in [0.25, 0.3) is 0 Å². The Bertz CT molecular complexity index is 314. The van der Waals surface area contributed by atoms with Gasteiger partial charge in [0.1, 0.15) is 5.82 Å². The Morgan fingerprint density at radius 3 is 2.38 bits per heavy atom. The van der Waals surface area contributed by atoms with Crippen LogP contribution in [0.1, 0.15) is 33.3 Å². The van der Waals surface area contributed by atoms with Crippen molar-refractivity contribution in [1.29, 1.82) is 0 Å². The average molecular weight is 285 g/mol. The van der Waals surface area contributed by atoms with Gasteiger partial charge in [0.05, 0.1) is 0 Å². The first-order valence-corrected chi connectivity index (χ1v) is 6.88. The zero-order valence-electron chi connectivity index (χ0n) is 10.6. The van der Waals surface area contributed by atoms with Gasteiger partial charge in [-0.2, -0.15) is 0 Å². The highest BCUT2D eigenvalue weighted by Gasteiger charge is 2.14. The number of halogens is 1. The fourth-order valence-corrected chi connectivity index (χ4v) is 1.98. The molecule has 0 unspecified atom stereocenters. The van der Waals surface area contributed by atoms with Gasteiger partial charge in [0, 0.05) is 24.6 Å². The van der Waals surface area contributed by atoms with Crippen LogP contribution in [0, 0.1) is 0 Å². The quantitative estimate of drug-likeness (QED) is 0.786. The number of hydrogen-bond donors (Lipinski definition) is 0. The van der Waals surface area contributed by atoms with E-state index in [9.17, 15) is 0 Å². The van der Waals surface area contributed by atoms with Crippen LogP contribution in [0.4, 0.5) is 5.82 Å². The molecule has 3 heteroatoms. The number of alkyl halides is 1. The molecule has 0 aromatic carbocycles. The minimum Gasteiger partial charge on any atom is -0.356 e. The van der Waals surface area contributed by atoms with Crippen LogP contribution in [0.15, 0.2) is 18.3 Å². The molecule has 0 saturated carbocycles. The molecule has 0 aliphatic rings. The average Bonchev–Trinajstić information content (AvgIpc) is 2.25. The Morgan fingerprint density at radius 2 is 2.00 bits per heavy atom. The van der Waals surface area contributed by atoms with Crippen molar-refractivity contribution in [2.24, 2.45) is 0 Å². The third kappa shape index (κ3) is 3.48. The van der Waals surface area contributed by atoms with E-state index < -0.39 is 0 Å². The van der Waals surface area contributed by atoms with Gasteiger partial charge in [0.25, 0.3) is 0 Å². The molecule has 1 heterocycles. The SMILES string of the molecule is CCN(CCBr)c1ccc(C(C)(C)C)cn1. The molecule has 0 atom stereocenters. The first-order chi connectivity index (χ1) is 7.49. The fraction of sp³-hybridized carbons (Fsp3) is 0.615. The van der Waals surface area contributed by atoms with Crippen LogP contribution < -0.4 is 4.90 Å². The van der Waals surface area contributed by atoms with E-state index in [4.69, 9.17) is 0 Å². The van der Waals surface area contributed by atoms with E-state index in [1.54, 1.807) is 0 Å². The highest BCUT2D eigenvalue weighted by molar-refractivity contribution is 9.09. The second-order valence-corrected chi connectivity index (χ2v) is 5.72. The molecule has 0 saturated heterocycles. The monoisotopic (exact) mass is 284 g/mol. The highest BCUT2D eigenvalue weighted by Crippen LogP contribution is 2.22. The third-order valence-corrected chi connectivity index (χ3v) is 3.03. The van der Waals surface area contributed by atoms with Crippen molar-refractivity contribution in [3.63, 3.8) is 0 Å². The molecule has 1 aromatic heterocycles. The molecule has 0 spiro atoms. The normalized spacial score (nSPS) is 11.6. The molecular weight excluding hydrogens is 264 g/mol. The third-order valence-electron chi connectivity index (χ3n) is 2.67. The molecule has 1 rings (SSSR count). The zero-order chi connectivity index (χ0) is 12.2. The molecule has 16 heavy (non-hydrogen) atoms. The molecule has 0 N–H and O–H groups in total. The molecule has 0 aliphatic heterocycles. The molecule has 0 amide bonds. The summed E-state index contributed by atoms with van der Waals surface area (Å²) in [6, 6.07) is 4.30. The van der Waals surface area contributed by atoms with Crippen molar-refractivity contribution in [2.45, 2.75) is 33.1 Å². The largest absolute Gasteiger partial charge is 0.356 e. The van der Waals surface area contributed by atoms with Crippen molar-refractivity contribution in [2.75, 3.05) is 23.3 Å². The minimum absolute atomic E-state index is 0.179. The lowest BCUT2D eigenvalue weighted by molar-refractivity contribution is 0.587. The van der Waals surface area contributed by atoms with E-state index in [0.717, 1.165) is 24.2 Å². The maximum Gasteiger partial charge on any atom is 0.128 e. The van der Waals surface area contributed by atoms with Crippen LogP contribution in [0.5, 0.6) is 0 Å². The fourth-order valence-electron chi connectivity index (χ4n) is 1.55. The van der Waals surface area contributed by atoms with Crippen LogP contribution in [-0.2, 0) is 5.41 Å². The van der Waals surface area contributed by atoms with Gasteiger partial charge < -0.3 is 4.90 Å². The van der Waals surface area contributed by atoms with Gasteiger partial charge in [-0.3, -0.25) is 0 Å². The molecule has 0 aliphatic carbocycles. The Morgan fingerprint density at radius 1 is 1.31 bits per heavy atom. The number of pyridine rings is 1. The second-order valence-electron chi connectivity index (χ2n) is 4.92. The number of anilines is 1. The summed E-state index contributed by atoms with van der Waals surface area (Å²) in [5.74, 6) is 1.06. The van der Waals surface area contributed by atoms with E-state index in [-0.39, 0.29) is 5.41 Å². The van der Waals surface area contributed by atoms with Gasteiger partial charge >= 0.3 is 0 Å². The van der Waals surface area contributed by atoms with Crippen LogP contribution in [0.2, 0.25) is 0 Å². The van der Waals surface area contributed by atoms with Crippen molar-refractivity contribution < 1.29 is 0 Å². The molecule has 0 fully saturated rings. The number of rotatable bonds is 4. The predicted molar refractivity (Wildman–Crippen MR) is 74.6 cm³/mol. The summed E-state index contributed by atoms with van der Waals surface area (Å²) in [5.41, 5.74) is 1.46. The molecule has 0 bridgehead atoms. The predicted octanol–water partition coefficient (Wildman–Crippen LogP) is 3.60. The second kappa shape index (κ2) is 5.67. The van der Waals surface area contributed by atoms with Crippen molar-refractivity contribution in [1.82, 2.24) is 4.98 Å². The maximum absolute atomic E-state index is 4.54. The highest BCUT2D eigenvalue weighted by atomic mass is 79.9. The molecule has 0 radical (unpaired) electrons. The van der Waals surface area contributed by atoms with Crippen molar-refractivity contribution in [3.8, 4) is 0 Å². The van der Waals surface area contributed by atoms with Gasteiger partial charge in [-0.25, -0.2) is 4.98 Å². The van der Waals surface area contributed by atoms with Crippen LogP contribution in [0.3, 0.4) is 0 Å².